The van der Waals surface area contributed by atoms with Crippen LogP contribution in [0.1, 0.15) is 13.3 Å². The molecule has 6 heteroatoms. The van der Waals surface area contributed by atoms with Crippen LogP contribution >= 0.6 is 0 Å². The summed E-state index contributed by atoms with van der Waals surface area (Å²) in [5, 5.41) is 11.1. The van der Waals surface area contributed by atoms with Gasteiger partial charge in [0.05, 0.1) is 37.3 Å². The first kappa shape index (κ1) is 20.3. The number of pyridine rings is 1. The van der Waals surface area contributed by atoms with Gasteiger partial charge in [0.1, 0.15) is 0 Å². The predicted octanol–water partition coefficient (Wildman–Crippen LogP) is 6.13. The van der Waals surface area contributed by atoms with Crippen molar-refractivity contribution in [3.63, 3.8) is 0 Å². The van der Waals surface area contributed by atoms with E-state index >= 15 is 0 Å². The van der Waals surface area contributed by atoms with Gasteiger partial charge in [0.25, 0.3) is 0 Å². The second-order valence-electron chi connectivity index (χ2n) is 8.87. The molecule has 6 nitrogen and oxygen atoms in total. The van der Waals surface area contributed by atoms with E-state index in [1.165, 1.54) is 27.5 Å². The summed E-state index contributed by atoms with van der Waals surface area (Å²) in [6.07, 6.45) is 1.08. The lowest BCUT2D eigenvalue weighted by molar-refractivity contribution is -0.906. The number of hydrogen-bond donors (Lipinski definition) is 1. The molecular weight excluding hydrogens is 396 g/mol. The minimum Gasteiger partial charge on any atom is -0.339 e. The minimum absolute atomic E-state index is 0.637. The molecule has 0 aliphatic carbocycles. The molecule has 0 amide bonds. The zero-order valence-corrected chi connectivity index (χ0v) is 18.6. The van der Waals surface area contributed by atoms with E-state index in [1.807, 2.05) is 18.2 Å². The highest BCUT2D eigenvalue weighted by molar-refractivity contribution is 6.10. The van der Waals surface area contributed by atoms with E-state index in [9.17, 15) is 0 Å². The molecule has 3 aromatic carbocycles. The number of quaternary nitrogens is 1. The Kier molecular flexibility index (Phi) is 5.17. The number of nitrogens with one attached hydrogen (secondary N) is 1. The lowest BCUT2D eigenvalue weighted by atomic mass is 9.98. The average molecular weight is 425 g/mol. The molecule has 1 aromatic heterocycles. The fourth-order valence-electron chi connectivity index (χ4n) is 4.82. The van der Waals surface area contributed by atoms with Gasteiger partial charge in [-0.1, -0.05) is 35.4 Å². The number of aryl methyl sites for hydroxylation is 1. The van der Waals surface area contributed by atoms with Gasteiger partial charge in [-0.2, -0.15) is 4.57 Å². The molecule has 2 heterocycles. The number of aromatic nitrogens is 1. The quantitative estimate of drug-likeness (QED) is 0.105. The summed E-state index contributed by atoms with van der Waals surface area (Å²) in [5.74, 6) is 0. The van der Waals surface area contributed by atoms with E-state index in [0.717, 1.165) is 48.3 Å². The molecule has 1 N–H and O–H groups in total. The van der Waals surface area contributed by atoms with E-state index in [2.05, 4.69) is 82.4 Å². The zero-order valence-electron chi connectivity index (χ0n) is 18.6. The Labute approximate surface area is 187 Å². The summed E-state index contributed by atoms with van der Waals surface area (Å²) in [6.45, 7) is 6.31. The Morgan fingerprint density at radius 2 is 1.84 bits per heavy atom. The molecule has 0 saturated carbocycles. The monoisotopic (exact) mass is 424 g/mol. The van der Waals surface area contributed by atoms with E-state index in [0.29, 0.717) is 5.69 Å². The van der Waals surface area contributed by atoms with Crippen molar-refractivity contribution in [1.29, 1.82) is 0 Å². The molecule has 1 unspecified atom stereocenters. The first-order valence-electron chi connectivity index (χ1n) is 11.2. The van der Waals surface area contributed by atoms with Crippen LogP contribution in [0, 0.1) is 0 Å². The molecule has 5 rings (SSSR count). The van der Waals surface area contributed by atoms with Gasteiger partial charge in [-0.3, -0.25) is 0 Å². The van der Waals surface area contributed by atoms with Crippen molar-refractivity contribution in [2.24, 2.45) is 5.11 Å². The van der Waals surface area contributed by atoms with Crippen LogP contribution in [-0.2, 0) is 6.54 Å². The number of hydrogen-bond acceptors (Lipinski definition) is 2. The highest BCUT2D eigenvalue weighted by Gasteiger charge is 2.27. The Morgan fingerprint density at radius 3 is 2.62 bits per heavy atom. The predicted molar refractivity (Wildman–Crippen MR) is 131 cm³/mol. The van der Waals surface area contributed by atoms with Crippen molar-refractivity contribution in [3.05, 3.63) is 77.2 Å². The van der Waals surface area contributed by atoms with Gasteiger partial charge in [-0.05, 0) is 42.8 Å². The van der Waals surface area contributed by atoms with Gasteiger partial charge >= 0.3 is 0 Å². The molecule has 0 radical (unpaired) electrons. The molecule has 0 saturated heterocycles. The molecule has 1 atom stereocenters. The van der Waals surface area contributed by atoms with E-state index in [-0.39, 0.29) is 0 Å². The number of benzene rings is 3. The Balaban J connectivity index is 1.87. The molecule has 0 spiro atoms. The van der Waals surface area contributed by atoms with E-state index in [1.54, 1.807) is 0 Å². The summed E-state index contributed by atoms with van der Waals surface area (Å²) in [4.78, 5) is 3.01. The Bertz CT molecular complexity index is 1360. The Morgan fingerprint density at radius 1 is 1.03 bits per heavy atom. The van der Waals surface area contributed by atoms with Crippen LogP contribution in [0.5, 0.6) is 0 Å². The van der Waals surface area contributed by atoms with Crippen LogP contribution in [0.3, 0.4) is 0 Å². The van der Waals surface area contributed by atoms with Crippen molar-refractivity contribution in [1.82, 2.24) is 0 Å². The lowest BCUT2D eigenvalue weighted by Crippen LogP contribution is -2.50. The molecule has 1 aliphatic heterocycles. The second kappa shape index (κ2) is 8.15. The maximum absolute atomic E-state index is 9.00. The van der Waals surface area contributed by atoms with Crippen molar-refractivity contribution in [2.75, 3.05) is 32.1 Å². The molecular formula is C26H28N6+2. The summed E-state index contributed by atoms with van der Waals surface area (Å²) < 4.78 is 3.45. The highest BCUT2D eigenvalue weighted by Crippen LogP contribution is 2.35. The van der Waals surface area contributed by atoms with Gasteiger partial charge < -0.3 is 9.80 Å². The molecule has 32 heavy (non-hydrogen) atoms. The number of anilines is 1. The fourth-order valence-corrected chi connectivity index (χ4v) is 4.82. The van der Waals surface area contributed by atoms with Gasteiger partial charge in [0, 0.05) is 33.3 Å². The first-order chi connectivity index (χ1) is 15.6. The Hall–Kier alpha value is -3.60. The SMILES string of the molecule is CC[N+]1(C)CCC[n+]2c(-c3ccccc3)c3cc(N=[N+]=[N-])ccc3c3ccc(cc32)NC1. The smallest absolute Gasteiger partial charge is 0.220 e. The minimum atomic E-state index is 0.637. The van der Waals surface area contributed by atoms with Crippen LogP contribution in [0.4, 0.5) is 11.4 Å². The van der Waals surface area contributed by atoms with Crippen LogP contribution in [0.15, 0.2) is 71.8 Å². The van der Waals surface area contributed by atoms with E-state index in [4.69, 9.17) is 5.53 Å². The zero-order chi connectivity index (χ0) is 22.1. The van der Waals surface area contributed by atoms with Crippen LogP contribution < -0.4 is 9.88 Å². The standard InChI is InChI=1S/C26H27N6/c1-3-32(2)15-7-14-31-25-17-20(28-18-32)10-13-23(25)22-12-11-21(29-30-27)16-24(22)26(31)19-8-5-4-6-9-19/h4-6,8-13,16-17H,3,7,14-15,18H2,1-2H3/q+1/p+1. The van der Waals surface area contributed by atoms with Gasteiger partial charge in [-0.15, -0.1) is 0 Å². The maximum atomic E-state index is 9.00. The average Bonchev–Trinajstić information content (AvgIpc) is 2.83. The van der Waals surface area contributed by atoms with Crippen molar-refractivity contribution >= 4 is 33.1 Å². The molecule has 1 aliphatic rings. The van der Waals surface area contributed by atoms with Gasteiger partial charge in [0.15, 0.2) is 13.2 Å². The van der Waals surface area contributed by atoms with Crippen molar-refractivity contribution < 1.29 is 9.05 Å². The molecule has 0 fully saturated rings. The molecule has 4 aromatic rings. The third kappa shape index (κ3) is 3.54. The van der Waals surface area contributed by atoms with Crippen molar-refractivity contribution in [3.8, 4) is 11.3 Å². The van der Waals surface area contributed by atoms with Gasteiger partial charge in [0.2, 0.25) is 11.2 Å². The van der Waals surface area contributed by atoms with Crippen molar-refractivity contribution in [2.45, 2.75) is 19.9 Å². The van der Waals surface area contributed by atoms with Crippen LogP contribution in [0.2, 0.25) is 0 Å². The molecule has 160 valence electrons. The topological polar surface area (TPSA) is 64.7 Å². The van der Waals surface area contributed by atoms with Crippen LogP contribution in [-0.4, -0.2) is 31.3 Å². The lowest BCUT2D eigenvalue weighted by Gasteiger charge is -2.34. The normalized spacial score (nSPS) is 18.3. The van der Waals surface area contributed by atoms with E-state index < -0.39 is 0 Å². The maximum Gasteiger partial charge on any atom is 0.220 e. The summed E-state index contributed by atoms with van der Waals surface area (Å²) in [6, 6.07) is 23.2. The first-order valence-corrected chi connectivity index (χ1v) is 11.2. The largest absolute Gasteiger partial charge is 0.339 e. The third-order valence-electron chi connectivity index (χ3n) is 6.82. The highest BCUT2D eigenvalue weighted by atomic mass is 15.4. The number of fused-ring (bicyclic) bond motifs is 3. The number of rotatable bonds is 3. The summed E-state index contributed by atoms with van der Waals surface area (Å²) >= 11 is 0. The second-order valence-corrected chi connectivity index (χ2v) is 8.87. The van der Waals surface area contributed by atoms with Crippen LogP contribution in [0.25, 0.3) is 43.4 Å². The number of azide groups is 1. The summed E-state index contributed by atoms with van der Waals surface area (Å²) in [5.41, 5.74) is 14.4. The van der Waals surface area contributed by atoms with Gasteiger partial charge in [-0.25, -0.2) is 0 Å². The number of nitrogens with zero attached hydrogens (tertiary/aromatic N) is 5. The fraction of sp³-hybridized carbons (Fsp3) is 0.269. The third-order valence-corrected chi connectivity index (χ3v) is 6.82. The summed E-state index contributed by atoms with van der Waals surface area (Å²) in [7, 11) is 2.32. The molecule has 2 bridgehead atoms.